The lowest BCUT2D eigenvalue weighted by molar-refractivity contribution is 0.419. The maximum atomic E-state index is 6.36. The van der Waals surface area contributed by atoms with Crippen LogP contribution in [0.4, 0.5) is 0 Å². The third kappa shape index (κ3) is 2.43. The standard InChI is InChI=1S/C16H17ClN2OS/c1-10(17)16-18-15-13(5-4-6-14(15)20-3)19(16)11(2)12-7-8-21-9-12/h4-11H,1-3H3. The molecule has 0 amide bonds. The lowest BCUT2D eigenvalue weighted by atomic mass is 10.1. The number of benzene rings is 1. The molecule has 2 atom stereocenters. The molecule has 0 N–H and O–H groups in total. The Morgan fingerprint density at radius 2 is 2.10 bits per heavy atom. The number of ether oxygens (including phenoxy) is 1. The molecule has 1 aromatic carbocycles. The second-order valence-electron chi connectivity index (χ2n) is 5.02. The summed E-state index contributed by atoms with van der Waals surface area (Å²) in [5, 5.41) is 4.09. The zero-order valence-electron chi connectivity index (χ0n) is 12.2. The maximum Gasteiger partial charge on any atom is 0.146 e. The number of hydrogen-bond donors (Lipinski definition) is 0. The van der Waals surface area contributed by atoms with Gasteiger partial charge in [-0.3, -0.25) is 0 Å². The van der Waals surface area contributed by atoms with Crippen molar-refractivity contribution in [2.24, 2.45) is 0 Å². The number of fused-ring (bicyclic) bond motifs is 1. The predicted octanol–water partition coefficient (Wildman–Crippen LogP) is 5.02. The normalized spacial score (nSPS) is 14.3. The largest absolute Gasteiger partial charge is 0.494 e. The molecular weight excluding hydrogens is 304 g/mol. The van der Waals surface area contributed by atoms with Gasteiger partial charge in [0.05, 0.1) is 24.0 Å². The molecule has 2 unspecified atom stereocenters. The van der Waals surface area contributed by atoms with E-state index in [2.05, 4.69) is 34.4 Å². The minimum absolute atomic E-state index is 0.164. The van der Waals surface area contributed by atoms with Gasteiger partial charge < -0.3 is 9.30 Å². The van der Waals surface area contributed by atoms with Crippen molar-refractivity contribution in [3.63, 3.8) is 0 Å². The number of alkyl halides is 1. The molecule has 3 aromatic rings. The molecule has 0 bridgehead atoms. The first-order chi connectivity index (χ1) is 10.1. The van der Waals surface area contributed by atoms with Crippen molar-refractivity contribution in [3.05, 3.63) is 46.4 Å². The zero-order valence-corrected chi connectivity index (χ0v) is 13.8. The van der Waals surface area contributed by atoms with Crippen molar-refractivity contribution in [1.82, 2.24) is 9.55 Å². The molecule has 110 valence electrons. The van der Waals surface area contributed by atoms with E-state index < -0.39 is 0 Å². The van der Waals surface area contributed by atoms with Crippen LogP contribution in [0.25, 0.3) is 11.0 Å². The molecule has 5 heteroatoms. The Morgan fingerprint density at radius 1 is 1.29 bits per heavy atom. The van der Waals surface area contributed by atoms with Gasteiger partial charge in [-0.15, -0.1) is 11.6 Å². The van der Waals surface area contributed by atoms with Crippen LogP contribution in [0.15, 0.2) is 35.0 Å². The van der Waals surface area contributed by atoms with Gasteiger partial charge in [0, 0.05) is 0 Å². The number of nitrogens with zero attached hydrogens (tertiary/aromatic N) is 2. The van der Waals surface area contributed by atoms with Gasteiger partial charge in [0.1, 0.15) is 17.1 Å². The first-order valence-corrected chi connectivity index (χ1v) is 8.22. The van der Waals surface area contributed by atoms with E-state index >= 15 is 0 Å². The number of hydrogen-bond acceptors (Lipinski definition) is 3. The van der Waals surface area contributed by atoms with Gasteiger partial charge in [-0.05, 0) is 48.4 Å². The highest BCUT2D eigenvalue weighted by molar-refractivity contribution is 7.07. The fourth-order valence-corrected chi connectivity index (χ4v) is 3.52. The summed E-state index contributed by atoms with van der Waals surface area (Å²) in [6.45, 7) is 4.12. The Labute approximate surface area is 133 Å². The number of aromatic nitrogens is 2. The molecule has 0 spiro atoms. The third-order valence-electron chi connectivity index (χ3n) is 3.70. The summed E-state index contributed by atoms with van der Waals surface area (Å²) in [5.41, 5.74) is 3.18. The molecule has 3 nitrogen and oxygen atoms in total. The zero-order chi connectivity index (χ0) is 15.0. The van der Waals surface area contributed by atoms with Gasteiger partial charge in [0.2, 0.25) is 0 Å². The van der Waals surface area contributed by atoms with E-state index in [-0.39, 0.29) is 11.4 Å². The molecule has 0 aliphatic rings. The summed E-state index contributed by atoms with van der Waals surface area (Å²) in [6, 6.07) is 8.31. The van der Waals surface area contributed by atoms with E-state index in [1.807, 2.05) is 19.1 Å². The lowest BCUT2D eigenvalue weighted by Crippen LogP contribution is -2.10. The molecule has 21 heavy (non-hydrogen) atoms. The number of para-hydroxylation sites is 1. The SMILES string of the molecule is COc1cccc2c1nc(C(C)Cl)n2C(C)c1ccsc1. The number of methoxy groups -OCH3 is 1. The van der Waals surface area contributed by atoms with Gasteiger partial charge >= 0.3 is 0 Å². The predicted molar refractivity (Wildman–Crippen MR) is 88.7 cm³/mol. The Morgan fingerprint density at radius 3 is 2.71 bits per heavy atom. The highest BCUT2D eigenvalue weighted by Crippen LogP contribution is 2.34. The molecule has 2 heterocycles. The molecule has 0 aliphatic heterocycles. The number of halogens is 1. The fourth-order valence-electron chi connectivity index (χ4n) is 2.62. The smallest absolute Gasteiger partial charge is 0.146 e. The van der Waals surface area contributed by atoms with Crippen LogP contribution >= 0.6 is 22.9 Å². The van der Waals surface area contributed by atoms with E-state index in [1.54, 1.807) is 18.4 Å². The van der Waals surface area contributed by atoms with Crippen LogP contribution in [-0.4, -0.2) is 16.7 Å². The average Bonchev–Trinajstić information content (AvgIpc) is 3.13. The van der Waals surface area contributed by atoms with Crippen molar-refractivity contribution in [3.8, 4) is 5.75 Å². The van der Waals surface area contributed by atoms with E-state index in [0.29, 0.717) is 0 Å². The Bertz CT molecular complexity index is 749. The Balaban J connectivity index is 2.26. The van der Waals surface area contributed by atoms with E-state index in [0.717, 1.165) is 22.6 Å². The number of rotatable bonds is 4. The molecule has 0 aliphatic carbocycles. The molecule has 0 saturated carbocycles. The first kappa shape index (κ1) is 14.4. The second kappa shape index (κ2) is 5.70. The van der Waals surface area contributed by atoms with E-state index in [9.17, 15) is 0 Å². The second-order valence-corrected chi connectivity index (χ2v) is 6.45. The van der Waals surface area contributed by atoms with Gasteiger partial charge in [-0.2, -0.15) is 11.3 Å². The first-order valence-electron chi connectivity index (χ1n) is 6.84. The van der Waals surface area contributed by atoms with Crippen LogP contribution in [0.1, 0.15) is 36.7 Å². The summed E-state index contributed by atoms with van der Waals surface area (Å²) >= 11 is 8.06. The summed E-state index contributed by atoms with van der Waals surface area (Å²) < 4.78 is 7.64. The molecule has 0 radical (unpaired) electrons. The minimum atomic E-state index is -0.164. The monoisotopic (exact) mass is 320 g/mol. The van der Waals surface area contributed by atoms with Crippen LogP contribution in [0.5, 0.6) is 5.75 Å². The summed E-state index contributed by atoms with van der Waals surface area (Å²) in [6.07, 6.45) is 0. The third-order valence-corrected chi connectivity index (χ3v) is 4.60. The van der Waals surface area contributed by atoms with Crippen LogP contribution in [0.2, 0.25) is 0 Å². The van der Waals surface area contributed by atoms with Gasteiger partial charge in [0.15, 0.2) is 0 Å². The highest BCUT2D eigenvalue weighted by atomic mass is 35.5. The van der Waals surface area contributed by atoms with Crippen molar-refractivity contribution in [1.29, 1.82) is 0 Å². The van der Waals surface area contributed by atoms with E-state index in [4.69, 9.17) is 21.3 Å². The lowest BCUT2D eigenvalue weighted by Gasteiger charge is -2.18. The maximum absolute atomic E-state index is 6.36. The van der Waals surface area contributed by atoms with Crippen molar-refractivity contribution in [2.45, 2.75) is 25.3 Å². The van der Waals surface area contributed by atoms with E-state index in [1.165, 1.54) is 5.56 Å². The van der Waals surface area contributed by atoms with Crippen LogP contribution in [-0.2, 0) is 0 Å². The highest BCUT2D eigenvalue weighted by Gasteiger charge is 2.21. The quantitative estimate of drug-likeness (QED) is 0.631. The molecule has 0 fully saturated rings. The Hall–Kier alpha value is -1.52. The molecule has 0 saturated heterocycles. The molecule has 3 rings (SSSR count). The van der Waals surface area contributed by atoms with Crippen LogP contribution < -0.4 is 4.74 Å². The summed E-state index contributed by atoms with van der Waals surface area (Å²) in [5.74, 6) is 1.65. The number of imidazole rings is 1. The van der Waals surface area contributed by atoms with Gasteiger partial charge in [0.25, 0.3) is 0 Å². The Kier molecular flexibility index (Phi) is 3.91. The topological polar surface area (TPSA) is 27.1 Å². The molecular formula is C16H17ClN2OS. The minimum Gasteiger partial charge on any atom is -0.494 e. The van der Waals surface area contributed by atoms with Crippen molar-refractivity contribution < 1.29 is 4.74 Å². The fraction of sp³-hybridized carbons (Fsp3) is 0.312. The van der Waals surface area contributed by atoms with Crippen LogP contribution in [0.3, 0.4) is 0 Å². The summed E-state index contributed by atoms with van der Waals surface area (Å²) in [4.78, 5) is 4.72. The van der Waals surface area contributed by atoms with Crippen molar-refractivity contribution in [2.75, 3.05) is 7.11 Å². The average molecular weight is 321 g/mol. The molecule has 2 aromatic heterocycles. The van der Waals surface area contributed by atoms with Crippen molar-refractivity contribution >= 4 is 34.0 Å². The van der Waals surface area contributed by atoms with Gasteiger partial charge in [-0.1, -0.05) is 6.07 Å². The van der Waals surface area contributed by atoms with Crippen LogP contribution in [0, 0.1) is 0 Å². The number of thiophene rings is 1. The summed E-state index contributed by atoms with van der Waals surface area (Å²) in [7, 11) is 1.67. The van der Waals surface area contributed by atoms with Gasteiger partial charge in [-0.25, -0.2) is 4.98 Å².